The molecule has 6 nitrogen and oxygen atoms in total. The van der Waals surface area contributed by atoms with E-state index in [4.69, 9.17) is 10.1 Å². The van der Waals surface area contributed by atoms with Crippen molar-refractivity contribution in [2.24, 2.45) is 0 Å². The van der Waals surface area contributed by atoms with Crippen molar-refractivity contribution in [3.8, 4) is 11.5 Å². The molecule has 3 aromatic rings. The molecule has 0 amide bonds. The smallest absolute Gasteiger partial charge is 0.165 e. The average molecular weight is 447 g/mol. The number of nitrogens with zero attached hydrogens (tertiary/aromatic N) is 2. The highest BCUT2D eigenvalue weighted by molar-refractivity contribution is 6.13. The minimum atomic E-state index is -0.726. The topological polar surface area (TPSA) is 81.5 Å². The third-order valence-corrected chi connectivity index (χ3v) is 5.78. The van der Waals surface area contributed by atoms with Crippen molar-refractivity contribution in [1.29, 1.82) is 5.41 Å². The van der Waals surface area contributed by atoms with E-state index in [0.717, 1.165) is 31.3 Å². The van der Waals surface area contributed by atoms with Crippen LogP contribution < -0.4 is 10.1 Å². The van der Waals surface area contributed by atoms with Gasteiger partial charge in [0.05, 0.1) is 17.6 Å². The summed E-state index contributed by atoms with van der Waals surface area (Å²) in [5.74, 6) is 0.856. The molecule has 1 aliphatic rings. The van der Waals surface area contributed by atoms with E-state index in [0.29, 0.717) is 23.4 Å². The summed E-state index contributed by atoms with van der Waals surface area (Å²) in [6, 6.07) is 16.6. The number of aliphatic hydroxyl groups excluding tert-OH is 1. The SMILES string of the molecule is C=CC(O)N1CCC[C@H]1CNc1c(F)cncc1C(=N)c1ccc(Oc2ccccc2)cc1. The van der Waals surface area contributed by atoms with Gasteiger partial charge in [-0.3, -0.25) is 15.3 Å². The third kappa shape index (κ3) is 5.27. The first-order valence-electron chi connectivity index (χ1n) is 10.9. The normalized spacial score (nSPS) is 16.8. The summed E-state index contributed by atoms with van der Waals surface area (Å²) in [5.41, 5.74) is 1.39. The Morgan fingerprint density at radius 1 is 1.21 bits per heavy atom. The molecule has 0 bridgehead atoms. The van der Waals surface area contributed by atoms with Crippen LogP contribution in [0.1, 0.15) is 24.0 Å². The number of ether oxygens (including phenoxy) is 1. The number of rotatable bonds is 9. The van der Waals surface area contributed by atoms with Gasteiger partial charge in [0.2, 0.25) is 0 Å². The first-order valence-corrected chi connectivity index (χ1v) is 10.9. The first-order chi connectivity index (χ1) is 16.1. The van der Waals surface area contributed by atoms with Gasteiger partial charge in [-0.1, -0.05) is 24.8 Å². The van der Waals surface area contributed by atoms with Crippen molar-refractivity contribution in [3.63, 3.8) is 0 Å². The Morgan fingerprint density at radius 3 is 2.67 bits per heavy atom. The molecule has 1 unspecified atom stereocenters. The summed E-state index contributed by atoms with van der Waals surface area (Å²) < 4.78 is 20.5. The molecule has 1 aromatic heterocycles. The number of benzene rings is 2. The van der Waals surface area contributed by atoms with Gasteiger partial charge in [-0.25, -0.2) is 4.39 Å². The maximum Gasteiger partial charge on any atom is 0.165 e. The van der Waals surface area contributed by atoms with Crippen LogP contribution in [0.4, 0.5) is 10.1 Å². The van der Waals surface area contributed by atoms with Crippen LogP contribution >= 0.6 is 0 Å². The van der Waals surface area contributed by atoms with Crippen molar-refractivity contribution in [2.75, 3.05) is 18.4 Å². The zero-order valence-corrected chi connectivity index (χ0v) is 18.2. The molecule has 4 rings (SSSR count). The number of nitrogens with one attached hydrogen (secondary N) is 2. The Balaban J connectivity index is 1.49. The molecule has 2 heterocycles. The van der Waals surface area contributed by atoms with Crippen molar-refractivity contribution in [3.05, 3.63) is 96.6 Å². The van der Waals surface area contributed by atoms with E-state index in [1.54, 1.807) is 24.3 Å². The molecule has 33 heavy (non-hydrogen) atoms. The van der Waals surface area contributed by atoms with E-state index in [1.165, 1.54) is 12.3 Å². The van der Waals surface area contributed by atoms with Crippen LogP contribution in [0.2, 0.25) is 0 Å². The van der Waals surface area contributed by atoms with Crippen molar-refractivity contribution in [2.45, 2.75) is 25.1 Å². The number of aromatic nitrogens is 1. The summed E-state index contributed by atoms with van der Waals surface area (Å²) in [4.78, 5) is 5.90. The maximum atomic E-state index is 14.7. The van der Waals surface area contributed by atoms with Gasteiger partial charge in [0.1, 0.15) is 17.7 Å². The van der Waals surface area contributed by atoms with Crippen molar-refractivity contribution in [1.82, 2.24) is 9.88 Å². The molecular formula is C26H27FN4O2. The molecule has 1 aliphatic heterocycles. The summed E-state index contributed by atoms with van der Waals surface area (Å²) >= 11 is 0. The fourth-order valence-electron chi connectivity index (χ4n) is 4.05. The van der Waals surface area contributed by atoms with Gasteiger partial charge < -0.3 is 15.2 Å². The molecule has 0 aliphatic carbocycles. The van der Waals surface area contributed by atoms with Crippen molar-refractivity contribution >= 4 is 11.4 Å². The van der Waals surface area contributed by atoms with Crippen molar-refractivity contribution < 1.29 is 14.2 Å². The van der Waals surface area contributed by atoms with Crippen LogP contribution in [-0.2, 0) is 0 Å². The molecule has 170 valence electrons. The van der Waals surface area contributed by atoms with E-state index in [2.05, 4.69) is 16.9 Å². The second-order valence-electron chi connectivity index (χ2n) is 7.92. The van der Waals surface area contributed by atoms with Crippen LogP contribution in [0.25, 0.3) is 0 Å². The van der Waals surface area contributed by atoms with Gasteiger partial charge in [-0.2, -0.15) is 0 Å². The molecule has 1 saturated heterocycles. The maximum absolute atomic E-state index is 14.7. The first kappa shape index (κ1) is 22.6. The lowest BCUT2D eigenvalue weighted by atomic mass is 10.0. The molecule has 0 saturated carbocycles. The molecule has 7 heteroatoms. The highest BCUT2D eigenvalue weighted by Crippen LogP contribution is 2.26. The van der Waals surface area contributed by atoms with Crippen LogP contribution in [0.5, 0.6) is 11.5 Å². The second-order valence-corrected chi connectivity index (χ2v) is 7.92. The number of aliphatic hydroxyl groups is 1. The van der Waals surface area contributed by atoms with Crippen LogP contribution in [-0.4, -0.2) is 46.1 Å². The van der Waals surface area contributed by atoms with E-state index in [9.17, 15) is 9.50 Å². The molecule has 2 aromatic carbocycles. The minimum Gasteiger partial charge on any atom is -0.457 e. The number of halogens is 1. The molecule has 2 atom stereocenters. The number of para-hydroxylation sites is 1. The highest BCUT2D eigenvalue weighted by atomic mass is 19.1. The molecule has 3 N–H and O–H groups in total. The lowest BCUT2D eigenvalue weighted by Crippen LogP contribution is -2.41. The zero-order valence-electron chi connectivity index (χ0n) is 18.2. The Bertz CT molecular complexity index is 1110. The largest absolute Gasteiger partial charge is 0.457 e. The third-order valence-electron chi connectivity index (χ3n) is 5.78. The molecule has 1 fully saturated rings. The monoisotopic (exact) mass is 446 g/mol. The Labute approximate surface area is 192 Å². The summed E-state index contributed by atoms with van der Waals surface area (Å²) in [7, 11) is 0. The Kier molecular flexibility index (Phi) is 7.12. The fourth-order valence-corrected chi connectivity index (χ4v) is 4.05. The van der Waals surface area contributed by atoms with E-state index in [-0.39, 0.29) is 17.4 Å². The van der Waals surface area contributed by atoms with Crippen LogP contribution in [0.15, 0.2) is 79.6 Å². The Hall–Kier alpha value is -3.55. The second kappa shape index (κ2) is 10.4. The van der Waals surface area contributed by atoms with Crippen LogP contribution in [0.3, 0.4) is 0 Å². The zero-order chi connectivity index (χ0) is 23.2. The standard InChI is InChI=1S/C26H27FN4O2/c1-2-24(32)31-14-6-7-19(31)15-30-26-22(16-29-17-23(26)27)25(28)18-10-12-21(13-11-18)33-20-8-4-3-5-9-20/h2-5,8-13,16-17,19,24,28,32H,1,6-7,14-15H2,(H,29,30)/t19-,24?/m0/s1. The molecular weight excluding hydrogens is 419 g/mol. The van der Waals surface area contributed by atoms with Gasteiger partial charge in [-0.05, 0) is 55.3 Å². The van der Waals surface area contributed by atoms with Crippen LogP contribution in [0, 0.1) is 11.2 Å². The lowest BCUT2D eigenvalue weighted by Gasteiger charge is -2.28. The van der Waals surface area contributed by atoms with E-state index >= 15 is 0 Å². The fraction of sp³-hybridized carbons (Fsp3) is 0.231. The van der Waals surface area contributed by atoms with Gasteiger partial charge in [0.15, 0.2) is 5.82 Å². The number of pyridine rings is 1. The average Bonchev–Trinajstić information content (AvgIpc) is 3.32. The summed E-state index contributed by atoms with van der Waals surface area (Å²) in [6.45, 7) is 4.86. The number of hydrogen-bond donors (Lipinski definition) is 3. The Morgan fingerprint density at radius 2 is 1.94 bits per heavy atom. The number of hydrogen-bond acceptors (Lipinski definition) is 6. The quantitative estimate of drug-likeness (QED) is 0.325. The number of anilines is 1. The predicted octanol–water partition coefficient (Wildman–Crippen LogP) is 4.81. The lowest BCUT2D eigenvalue weighted by molar-refractivity contribution is 0.0359. The predicted molar refractivity (Wildman–Crippen MR) is 128 cm³/mol. The highest BCUT2D eigenvalue weighted by Gasteiger charge is 2.28. The van der Waals surface area contributed by atoms with Gasteiger partial charge >= 0.3 is 0 Å². The number of likely N-dealkylation sites (tertiary alicyclic amines) is 1. The summed E-state index contributed by atoms with van der Waals surface area (Å²) in [6.07, 6.45) is 5.25. The van der Waals surface area contributed by atoms with Gasteiger partial charge in [-0.15, -0.1) is 0 Å². The van der Waals surface area contributed by atoms with E-state index < -0.39 is 12.0 Å². The van der Waals surface area contributed by atoms with Gasteiger partial charge in [0, 0.05) is 36.5 Å². The minimum absolute atomic E-state index is 0.0435. The molecule has 0 radical (unpaired) electrons. The van der Waals surface area contributed by atoms with Gasteiger partial charge in [0.25, 0.3) is 0 Å². The molecule has 0 spiro atoms. The van der Waals surface area contributed by atoms with E-state index in [1.807, 2.05) is 35.2 Å². The summed E-state index contributed by atoms with van der Waals surface area (Å²) in [5, 5.41) is 22.0.